The van der Waals surface area contributed by atoms with Crippen molar-refractivity contribution in [3.05, 3.63) is 71.3 Å². The topological polar surface area (TPSA) is 87.7 Å². The van der Waals surface area contributed by atoms with Crippen LogP contribution >= 0.6 is 0 Å². The van der Waals surface area contributed by atoms with Crippen LogP contribution in [0.4, 0.5) is 4.79 Å². The first-order valence-corrected chi connectivity index (χ1v) is 9.43. The van der Waals surface area contributed by atoms with Gasteiger partial charge in [0.2, 0.25) is 0 Å². The van der Waals surface area contributed by atoms with Gasteiger partial charge in [0.1, 0.15) is 0 Å². The van der Waals surface area contributed by atoms with Gasteiger partial charge in [-0.3, -0.25) is 4.79 Å². The fourth-order valence-electron chi connectivity index (χ4n) is 2.52. The lowest BCUT2D eigenvalue weighted by atomic mass is 10.1. The number of hydrogen-bond donors (Lipinski definition) is 2. The maximum absolute atomic E-state index is 12.2. The second-order valence-corrected chi connectivity index (χ2v) is 6.99. The van der Waals surface area contributed by atoms with Gasteiger partial charge in [0, 0.05) is 26.2 Å². The summed E-state index contributed by atoms with van der Waals surface area (Å²) in [6.07, 6.45) is 0. The molecule has 0 heterocycles. The lowest BCUT2D eigenvalue weighted by Gasteiger charge is -2.17. The van der Waals surface area contributed by atoms with Crippen LogP contribution in [0, 0.1) is 0 Å². The van der Waals surface area contributed by atoms with E-state index in [1.807, 2.05) is 44.2 Å². The average Bonchev–Trinajstić information content (AvgIpc) is 2.70. The highest BCUT2D eigenvalue weighted by Crippen LogP contribution is 2.07. The highest BCUT2D eigenvalue weighted by molar-refractivity contribution is 5.91. The minimum absolute atomic E-state index is 0.0570. The van der Waals surface area contributed by atoms with Crippen LogP contribution in [-0.2, 0) is 22.6 Å². The first-order chi connectivity index (χ1) is 13.8. The van der Waals surface area contributed by atoms with Gasteiger partial charge in [-0.25, -0.2) is 9.59 Å². The minimum Gasteiger partial charge on any atom is -0.452 e. The van der Waals surface area contributed by atoms with Crippen molar-refractivity contribution in [1.82, 2.24) is 15.5 Å². The van der Waals surface area contributed by atoms with Gasteiger partial charge in [-0.05, 0) is 37.1 Å². The standard InChI is InChI=1S/C22H27N3O4/c1-16(2)24-22(28)23-13-17-9-11-19(12-10-17)21(27)29-15-20(26)25(3)14-18-7-5-4-6-8-18/h4-12,16H,13-15H2,1-3H3,(H2,23,24,28). The van der Waals surface area contributed by atoms with Gasteiger partial charge in [-0.1, -0.05) is 42.5 Å². The molecule has 0 aliphatic rings. The molecule has 2 rings (SSSR count). The normalized spacial score (nSPS) is 10.3. The van der Waals surface area contributed by atoms with E-state index in [0.29, 0.717) is 18.7 Å². The van der Waals surface area contributed by atoms with E-state index in [1.165, 1.54) is 4.90 Å². The summed E-state index contributed by atoms with van der Waals surface area (Å²) in [6.45, 7) is 4.23. The number of rotatable bonds is 8. The highest BCUT2D eigenvalue weighted by atomic mass is 16.5. The molecule has 2 N–H and O–H groups in total. The first kappa shape index (κ1) is 21.9. The number of nitrogens with zero attached hydrogens (tertiary/aromatic N) is 1. The summed E-state index contributed by atoms with van der Waals surface area (Å²) < 4.78 is 5.12. The van der Waals surface area contributed by atoms with E-state index in [2.05, 4.69) is 10.6 Å². The zero-order valence-corrected chi connectivity index (χ0v) is 17.0. The highest BCUT2D eigenvalue weighted by Gasteiger charge is 2.14. The second-order valence-electron chi connectivity index (χ2n) is 6.99. The van der Waals surface area contributed by atoms with Crippen LogP contribution in [0.25, 0.3) is 0 Å². The monoisotopic (exact) mass is 397 g/mol. The third-order valence-electron chi connectivity index (χ3n) is 4.08. The van der Waals surface area contributed by atoms with Crippen LogP contribution in [0.15, 0.2) is 54.6 Å². The average molecular weight is 397 g/mol. The molecule has 0 saturated heterocycles. The Morgan fingerprint density at radius 3 is 2.24 bits per heavy atom. The predicted molar refractivity (Wildman–Crippen MR) is 110 cm³/mol. The maximum atomic E-state index is 12.2. The Bertz CT molecular complexity index is 820. The molecular formula is C22H27N3O4. The molecule has 2 aromatic carbocycles. The number of urea groups is 1. The molecule has 7 heteroatoms. The first-order valence-electron chi connectivity index (χ1n) is 9.43. The molecule has 0 aliphatic heterocycles. The number of esters is 1. The lowest BCUT2D eigenvalue weighted by molar-refractivity contribution is -0.133. The summed E-state index contributed by atoms with van der Waals surface area (Å²) in [5, 5.41) is 5.47. The zero-order valence-electron chi connectivity index (χ0n) is 17.0. The number of carbonyl (C=O) groups is 3. The smallest absolute Gasteiger partial charge is 0.338 e. The van der Waals surface area contributed by atoms with Crippen molar-refractivity contribution < 1.29 is 19.1 Å². The molecule has 0 aliphatic carbocycles. The minimum atomic E-state index is -0.566. The number of hydrogen-bond acceptors (Lipinski definition) is 4. The molecule has 2 aromatic rings. The van der Waals surface area contributed by atoms with Crippen LogP contribution in [-0.4, -0.2) is 42.5 Å². The van der Waals surface area contributed by atoms with Crippen LogP contribution in [0.3, 0.4) is 0 Å². The number of likely N-dealkylation sites (N-methyl/N-ethyl adjacent to an activating group) is 1. The van der Waals surface area contributed by atoms with Crippen molar-refractivity contribution in [3.8, 4) is 0 Å². The Labute approximate surface area is 171 Å². The van der Waals surface area contributed by atoms with Gasteiger partial charge in [0.05, 0.1) is 5.56 Å². The van der Waals surface area contributed by atoms with Crippen molar-refractivity contribution >= 4 is 17.9 Å². The molecule has 0 saturated carbocycles. The van der Waals surface area contributed by atoms with Crippen LogP contribution in [0.1, 0.15) is 35.3 Å². The predicted octanol–water partition coefficient (Wildman–Crippen LogP) is 2.71. The SMILES string of the molecule is CC(C)NC(=O)NCc1ccc(C(=O)OCC(=O)N(C)Cc2ccccc2)cc1. The second kappa shape index (κ2) is 10.8. The van der Waals surface area contributed by atoms with Crippen molar-refractivity contribution in [2.45, 2.75) is 33.0 Å². The molecule has 7 nitrogen and oxygen atoms in total. The Morgan fingerprint density at radius 1 is 0.966 bits per heavy atom. The van der Waals surface area contributed by atoms with Gasteiger partial charge in [-0.2, -0.15) is 0 Å². The summed E-state index contributed by atoms with van der Waals surface area (Å²) in [7, 11) is 1.67. The molecular weight excluding hydrogens is 370 g/mol. The van der Waals surface area contributed by atoms with Gasteiger partial charge in [0.25, 0.3) is 5.91 Å². The number of benzene rings is 2. The van der Waals surface area contributed by atoms with E-state index in [0.717, 1.165) is 11.1 Å². The largest absolute Gasteiger partial charge is 0.452 e. The van der Waals surface area contributed by atoms with E-state index in [-0.39, 0.29) is 24.6 Å². The number of nitrogens with one attached hydrogen (secondary N) is 2. The van der Waals surface area contributed by atoms with Crippen molar-refractivity contribution in [3.63, 3.8) is 0 Å². The van der Waals surface area contributed by atoms with Gasteiger partial charge in [-0.15, -0.1) is 0 Å². The third-order valence-corrected chi connectivity index (χ3v) is 4.08. The van der Waals surface area contributed by atoms with Crippen LogP contribution in [0.5, 0.6) is 0 Å². The summed E-state index contributed by atoms with van der Waals surface area (Å²) >= 11 is 0. The number of ether oxygens (including phenoxy) is 1. The van der Waals surface area contributed by atoms with Crippen LogP contribution in [0.2, 0.25) is 0 Å². The quantitative estimate of drug-likeness (QED) is 0.671. The number of carbonyl (C=O) groups excluding carboxylic acids is 3. The summed E-state index contributed by atoms with van der Waals surface area (Å²) in [5.74, 6) is -0.845. The molecule has 0 spiro atoms. The van der Waals surface area contributed by atoms with E-state index in [4.69, 9.17) is 4.74 Å². The molecule has 0 radical (unpaired) electrons. The molecule has 0 aromatic heterocycles. The molecule has 3 amide bonds. The van der Waals surface area contributed by atoms with E-state index in [9.17, 15) is 14.4 Å². The molecule has 0 unspecified atom stereocenters. The van der Waals surface area contributed by atoms with Crippen LogP contribution < -0.4 is 10.6 Å². The molecule has 0 fully saturated rings. The Morgan fingerprint density at radius 2 is 1.62 bits per heavy atom. The maximum Gasteiger partial charge on any atom is 0.338 e. The van der Waals surface area contributed by atoms with E-state index in [1.54, 1.807) is 31.3 Å². The lowest BCUT2D eigenvalue weighted by Crippen LogP contribution is -2.39. The Kier molecular flexibility index (Phi) is 8.21. The Balaban J connectivity index is 1.78. The summed E-state index contributed by atoms with van der Waals surface area (Å²) in [6, 6.07) is 16.1. The molecule has 0 atom stereocenters. The summed E-state index contributed by atoms with van der Waals surface area (Å²) in [4.78, 5) is 37.4. The van der Waals surface area contributed by atoms with Gasteiger partial charge >= 0.3 is 12.0 Å². The van der Waals surface area contributed by atoms with Crippen molar-refractivity contribution in [2.75, 3.05) is 13.7 Å². The van der Waals surface area contributed by atoms with Crippen molar-refractivity contribution in [2.24, 2.45) is 0 Å². The number of amides is 3. The molecule has 154 valence electrons. The van der Waals surface area contributed by atoms with E-state index < -0.39 is 5.97 Å². The fraction of sp³-hybridized carbons (Fsp3) is 0.318. The Hall–Kier alpha value is -3.35. The molecule has 0 bridgehead atoms. The van der Waals surface area contributed by atoms with E-state index >= 15 is 0 Å². The van der Waals surface area contributed by atoms with Gasteiger partial charge < -0.3 is 20.3 Å². The summed E-state index contributed by atoms with van der Waals surface area (Å²) in [5.41, 5.74) is 2.19. The zero-order chi connectivity index (χ0) is 21.2. The molecule has 29 heavy (non-hydrogen) atoms. The fourth-order valence-corrected chi connectivity index (χ4v) is 2.52. The van der Waals surface area contributed by atoms with Crippen molar-refractivity contribution in [1.29, 1.82) is 0 Å². The third kappa shape index (κ3) is 7.65. The van der Waals surface area contributed by atoms with Gasteiger partial charge in [0.15, 0.2) is 6.61 Å².